The molecule has 0 fully saturated rings. The fraction of sp³-hybridized carbons (Fsp3) is 0.292. The van der Waals surface area contributed by atoms with Crippen LogP contribution in [0.4, 0.5) is 0 Å². The van der Waals surface area contributed by atoms with Crippen LogP contribution < -0.4 is 4.74 Å². The van der Waals surface area contributed by atoms with Gasteiger partial charge in [-0.05, 0) is 30.5 Å². The molecule has 160 valence electrons. The molecule has 5 nitrogen and oxygen atoms in total. The summed E-state index contributed by atoms with van der Waals surface area (Å²) in [6.45, 7) is 7.67. The van der Waals surface area contributed by atoms with Gasteiger partial charge in [-0.25, -0.2) is 4.98 Å². The van der Waals surface area contributed by atoms with Crippen LogP contribution in [0.2, 0.25) is 0 Å². The molecule has 0 unspecified atom stereocenters. The van der Waals surface area contributed by atoms with Gasteiger partial charge in [0.25, 0.3) is 0 Å². The zero-order valence-corrected chi connectivity index (χ0v) is 19.6. The average molecular weight is 451 g/mol. The maximum Gasteiger partial charge on any atom is 0.191 e. The second-order valence-corrected chi connectivity index (χ2v) is 9.25. The summed E-state index contributed by atoms with van der Waals surface area (Å²) in [6, 6.07) is 18.5. The van der Waals surface area contributed by atoms with E-state index in [9.17, 15) is 0 Å². The van der Waals surface area contributed by atoms with Gasteiger partial charge in [-0.1, -0.05) is 68.1 Å². The van der Waals surface area contributed by atoms with Gasteiger partial charge in [0.15, 0.2) is 11.0 Å². The van der Waals surface area contributed by atoms with E-state index in [1.165, 1.54) is 5.56 Å². The molecule has 0 saturated carbocycles. The Morgan fingerprint density at radius 1 is 1.03 bits per heavy atom. The Morgan fingerprint density at radius 3 is 2.52 bits per heavy atom. The molecular weight excluding hydrogens is 424 g/mol. The van der Waals surface area contributed by atoms with Crippen LogP contribution in [0, 0.1) is 0 Å². The van der Waals surface area contributed by atoms with Gasteiger partial charge in [0, 0.05) is 23.2 Å². The first-order valence-electron chi connectivity index (χ1n) is 10.4. The van der Waals surface area contributed by atoms with Gasteiger partial charge >= 0.3 is 0 Å². The van der Waals surface area contributed by atoms with Crippen LogP contribution in [0.15, 0.2) is 65.1 Å². The van der Waals surface area contributed by atoms with Crippen molar-refractivity contribution >= 4 is 23.1 Å². The smallest absolute Gasteiger partial charge is 0.191 e. The Kier molecular flexibility index (Phi) is 7.04. The molecule has 0 bridgehead atoms. The molecule has 0 aliphatic heterocycles. The van der Waals surface area contributed by atoms with Crippen LogP contribution in [0.25, 0.3) is 10.6 Å². The molecule has 0 radical (unpaired) electrons. The van der Waals surface area contributed by atoms with E-state index in [1.807, 2.05) is 30.3 Å². The summed E-state index contributed by atoms with van der Waals surface area (Å²) in [7, 11) is 0. The Balaban J connectivity index is 1.37. The number of hydrogen-bond acceptors (Lipinski definition) is 6. The SMILES string of the molecule is CCn1c(COc2ccc(C(C)C)cc2)nnc1SCc1csc(-c2ccccc2)n1. The summed E-state index contributed by atoms with van der Waals surface area (Å²) in [4.78, 5) is 4.77. The highest BCUT2D eigenvalue weighted by Gasteiger charge is 2.13. The van der Waals surface area contributed by atoms with E-state index in [2.05, 4.69) is 65.2 Å². The van der Waals surface area contributed by atoms with Crippen molar-refractivity contribution in [1.82, 2.24) is 19.7 Å². The lowest BCUT2D eigenvalue weighted by Crippen LogP contribution is -2.07. The fourth-order valence-corrected chi connectivity index (χ4v) is 5.02. The fourth-order valence-electron chi connectivity index (χ4n) is 3.17. The third-order valence-electron chi connectivity index (χ3n) is 4.95. The molecule has 31 heavy (non-hydrogen) atoms. The minimum atomic E-state index is 0.400. The molecule has 4 rings (SSSR count). The van der Waals surface area contributed by atoms with Gasteiger partial charge in [0.1, 0.15) is 17.4 Å². The number of nitrogens with zero attached hydrogens (tertiary/aromatic N) is 4. The third kappa shape index (κ3) is 5.35. The number of rotatable bonds is 9. The van der Waals surface area contributed by atoms with Gasteiger partial charge in [0.2, 0.25) is 0 Å². The zero-order chi connectivity index (χ0) is 21.6. The van der Waals surface area contributed by atoms with Gasteiger partial charge < -0.3 is 9.30 Å². The first-order valence-corrected chi connectivity index (χ1v) is 12.3. The predicted molar refractivity (Wildman–Crippen MR) is 128 cm³/mol. The van der Waals surface area contributed by atoms with Crippen LogP contribution in [0.3, 0.4) is 0 Å². The van der Waals surface area contributed by atoms with E-state index in [0.29, 0.717) is 12.5 Å². The third-order valence-corrected chi connectivity index (χ3v) is 6.89. The van der Waals surface area contributed by atoms with E-state index in [0.717, 1.165) is 45.3 Å². The molecule has 0 saturated heterocycles. The van der Waals surface area contributed by atoms with Crippen molar-refractivity contribution in [2.45, 2.75) is 50.8 Å². The molecule has 0 aliphatic carbocycles. The van der Waals surface area contributed by atoms with Crippen LogP contribution >= 0.6 is 23.1 Å². The highest BCUT2D eigenvalue weighted by Crippen LogP contribution is 2.28. The van der Waals surface area contributed by atoms with Gasteiger partial charge in [-0.3, -0.25) is 0 Å². The molecule has 0 aliphatic rings. The second kappa shape index (κ2) is 10.1. The minimum absolute atomic E-state index is 0.400. The largest absolute Gasteiger partial charge is 0.486 e. The van der Waals surface area contributed by atoms with Crippen molar-refractivity contribution in [2.75, 3.05) is 0 Å². The molecule has 0 atom stereocenters. The Labute approximate surface area is 191 Å². The zero-order valence-electron chi connectivity index (χ0n) is 18.0. The normalized spacial score (nSPS) is 11.2. The first-order chi connectivity index (χ1) is 15.1. The van der Waals surface area contributed by atoms with Gasteiger partial charge in [-0.15, -0.1) is 21.5 Å². The van der Waals surface area contributed by atoms with Crippen LogP contribution in [-0.4, -0.2) is 19.7 Å². The molecular formula is C24H26N4OS2. The number of ether oxygens (including phenoxy) is 1. The molecule has 0 spiro atoms. The van der Waals surface area contributed by atoms with Crippen molar-refractivity contribution in [2.24, 2.45) is 0 Å². The van der Waals surface area contributed by atoms with E-state index in [-0.39, 0.29) is 0 Å². The van der Waals surface area contributed by atoms with E-state index >= 15 is 0 Å². The highest BCUT2D eigenvalue weighted by atomic mass is 32.2. The second-order valence-electron chi connectivity index (χ2n) is 7.45. The van der Waals surface area contributed by atoms with E-state index in [4.69, 9.17) is 9.72 Å². The summed E-state index contributed by atoms with van der Waals surface area (Å²) in [5, 5.41) is 12.8. The van der Waals surface area contributed by atoms with E-state index < -0.39 is 0 Å². The molecule has 2 heterocycles. The number of thioether (sulfide) groups is 1. The number of aromatic nitrogens is 4. The summed E-state index contributed by atoms with van der Waals surface area (Å²) in [5.74, 6) is 2.96. The Morgan fingerprint density at radius 2 is 1.81 bits per heavy atom. The monoisotopic (exact) mass is 450 g/mol. The van der Waals surface area contributed by atoms with Crippen LogP contribution in [0.5, 0.6) is 5.75 Å². The lowest BCUT2D eigenvalue weighted by atomic mass is 10.0. The van der Waals surface area contributed by atoms with Gasteiger partial charge in [-0.2, -0.15) is 0 Å². The first kappa shape index (κ1) is 21.6. The van der Waals surface area contributed by atoms with Crippen LogP contribution in [-0.2, 0) is 18.9 Å². The lowest BCUT2D eigenvalue weighted by Gasteiger charge is -2.10. The lowest BCUT2D eigenvalue weighted by molar-refractivity contribution is 0.288. The van der Waals surface area contributed by atoms with Gasteiger partial charge in [0.05, 0.1) is 5.69 Å². The molecule has 0 N–H and O–H groups in total. The summed E-state index contributed by atoms with van der Waals surface area (Å²) >= 11 is 3.33. The Bertz CT molecular complexity index is 1100. The van der Waals surface area contributed by atoms with Crippen molar-refractivity contribution in [3.8, 4) is 16.3 Å². The van der Waals surface area contributed by atoms with Crippen molar-refractivity contribution < 1.29 is 4.74 Å². The standard InChI is InChI=1S/C24H26N4OS2/c1-4-28-22(14-29-21-12-10-18(11-13-21)17(2)3)26-27-24(28)31-16-20-15-30-23(25-20)19-8-6-5-7-9-19/h5-13,15,17H,4,14,16H2,1-3H3. The van der Waals surface area contributed by atoms with Crippen molar-refractivity contribution in [3.05, 3.63) is 77.1 Å². The summed E-state index contributed by atoms with van der Waals surface area (Å²) in [6.07, 6.45) is 0. The maximum absolute atomic E-state index is 5.95. The quantitative estimate of drug-likeness (QED) is 0.276. The molecule has 2 aromatic heterocycles. The number of benzene rings is 2. The molecule has 0 amide bonds. The maximum atomic E-state index is 5.95. The topological polar surface area (TPSA) is 52.8 Å². The Hall–Kier alpha value is -2.64. The molecule has 2 aromatic carbocycles. The van der Waals surface area contributed by atoms with Crippen molar-refractivity contribution in [1.29, 1.82) is 0 Å². The highest BCUT2D eigenvalue weighted by molar-refractivity contribution is 7.98. The van der Waals surface area contributed by atoms with Crippen LogP contribution in [0.1, 0.15) is 43.8 Å². The summed E-state index contributed by atoms with van der Waals surface area (Å²) < 4.78 is 8.06. The number of thiazole rings is 1. The average Bonchev–Trinajstić information content (AvgIpc) is 3.43. The van der Waals surface area contributed by atoms with Crippen molar-refractivity contribution in [3.63, 3.8) is 0 Å². The molecule has 4 aromatic rings. The number of hydrogen-bond donors (Lipinski definition) is 0. The molecule has 7 heteroatoms. The predicted octanol–water partition coefficient (Wildman–Crippen LogP) is 6.42. The minimum Gasteiger partial charge on any atom is -0.486 e. The van der Waals surface area contributed by atoms with E-state index in [1.54, 1.807) is 23.1 Å². The summed E-state index contributed by atoms with van der Waals surface area (Å²) in [5.41, 5.74) is 3.52.